The minimum absolute atomic E-state index is 0.120. The van der Waals surface area contributed by atoms with Crippen molar-refractivity contribution >= 4 is 52.2 Å². The molecule has 0 radical (unpaired) electrons. The van der Waals surface area contributed by atoms with Crippen molar-refractivity contribution < 1.29 is 24.6 Å². The summed E-state index contributed by atoms with van der Waals surface area (Å²) in [6, 6.07) is 7.82. The minimum atomic E-state index is -1.28. The number of rotatable bonds is 6. The molecule has 0 aromatic heterocycles. The van der Waals surface area contributed by atoms with Gasteiger partial charge in [-0.1, -0.05) is 54.3 Å². The van der Waals surface area contributed by atoms with Crippen molar-refractivity contribution in [2.75, 3.05) is 0 Å². The van der Waals surface area contributed by atoms with Crippen LogP contribution in [0.3, 0.4) is 0 Å². The standard InChI is InChI=1S/C15H13NO5S2/c17-12(18)7-6-10(14(20)21)16-13(19)11(23-15(16)22)8-9-4-2-1-3-5-9/h1-5,8,10H,6-7H2,(H,17,18)(H,20,21)/b11-8-. The van der Waals surface area contributed by atoms with E-state index in [1.54, 1.807) is 6.08 Å². The third-order valence-electron chi connectivity index (χ3n) is 3.15. The number of carbonyl (C=O) groups excluding carboxylic acids is 1. The van der Waals surface area contributed by atoms with Crippen LogP contribution in [0.4, 0.5) is 0 Å². The van der Waals surface area contributed by atoms with Crippen LogP contribution in [0.2, 0.25) is 0 Å². The summed E-state index contributed by atoms with van der Waals surface area (Å²) in [5, 5.41) is 18.0. The van der Waals surface area contributed by atoms with Crippen molar-refractivity contribution in [1.29, 1.82) is 0 Å². The average Bonchev–Trinajstić information content (AvgIpc) is 2.75. The first-order valence-corrected chi connectivity index (χ1v) is 7.89. The monoisotopic (exact) mass is 351 g/mol. The fraction of sp³-hybridized carbons (Fsp3) is 0.200. The Morgan fingerprint density at radius 1 is 1.26 bits per heavy atom. The van der Waals surface area contributed by atoms with Crippen LogP contribution in [0.15, 0.2) is 35.2 Å². The molecule has 0 spiro atoms. The van der Waals surface area contributed by atoms with E-state index in [9.17, 15) is 19.5 Å². The van der Waals surface area contributed by atoms with Gasteiger partial charge in [0.05, 0.1) is 4.91 Å². The number of amides is 1. The molecule has 1 aromatic carbocycles. The highest BCUT2D eigenvalue weighted by atomic mass is 32.2. The number of hydrogen-bond acceptors (Lipinski definition) is 5. The molecule has 1 unspecified atom stereocenters. The topological polar surface area (TPSA) is 94.9 Å². The van der Waals surface area contributed by atoms with Crippen molar-refractivity contribution in [3.05, 3.63) is 40.8 Å². The summed E-state index contributed by atoms with van der Waals surface area (Å²) in [5.41, 5.74) is 0.797. The number of aliphatic carboxylic acids is 2. The van der Waals surface area contributed by atoms with Gasteiger partial charge in [0.2, 0.25) is 0 Å². The van der Waals surface area contributed by atoms with Crippen LogP contribution >= 0.6 is 24.0 Å². The SMILES string of the molecule is O=C(O)CCC(C(=O)O)N1C(=O)/C(=C/c2ccccc2)SC1=S. The molecule has 1 saturated heterocycles. The van der Waals surface area contributed by atoms with Gasteiger partial charge in [-0.2, -0.15) is 0 Å². The molecule has 0 saturated carbocycles. The number of carbonyl (C=O) groups is 3. The first kappa shape index (κ1) is 17.2. The maximum absolute atomic E-state index is 12.4. The lowest BCUT2D eigenvalue weighted by atomic mass is 10.1. The fourth-order valence-corrected chi connectivity index (χ4v) is 3.43. The number of thiocarbonyl (C=S) groups is 1. The van der Waals surface area contributed by atoms with Gasteiger partial charge in [-0.05, 0) is 18.1 Å². The van der Waals surface area contributed by atoms with Gasteiger partial charge in [-0.3, -0.25) is 14.5 Å². The molecule has 1 amide bonds. The molecular formula is C15H13NO5S2. The zero-order chi connectivity index (χ0) is 17.0. The van der Waals surface area contributed by atoms with Crippen molar-refractivity contribution in [3.8, 4) is 0 Å². The third kappa shape index (κ3) is 4.17. The molecule has 2 rings (SSSR count). The summed E-state index contributed by atoms with van der Waals surface area (Å²) in [6.07, 6.45) is 1.08. The molecule has 120 valence electrons. The number of benzene rings is 1. The van der Waals surface area contributed by atoms with Gasteiger partial charge in [-0.15, -0.1) is 0 Å². The van der Waals surface area contributed by atoms with E-state index in [-0.39, 0.29) is 17.2 Å². The molecule has 1 atom stereocenters. The van der Waals surface area contributed by atoms with E-state index < -0.39 is 23.9 Å². The maximum atomic E-state index is 12.4. The first-order chi connectivity index (χ1) is 10.9. The van der Waals surface area contributed by atoms with E-state index in [0.29, 0.717) is 4.91 Å². The molecule has 1 heterocycles. The van der Waals surface area contributed by atoms with Gasteiger partial charge in [0, 0.05) is 6.42 Å². The van der Waals surface area contributed by atoms with Crippen LogP contribution in [0, 0.1) is 0 Å². The van der Waals surface area contributed by atoms with Gasteiger partial charge in [-0.25, -0.2) is 4.79 Å². The predicted octanol–water partition coefficient (Wildman–Crippen LogP) is 2.21. The molecule has 0 bridgehead atoms. The second-order valence-corrected chi connectivity index (χ2v) is 6.42. The quantitative estimate of drug-likeness (QED) is 0.599. The van der Waals surface area contributed by atoms with E-state index in [0.717, 1.165) is 22.2 Å². The predicted molar refractivity (Wildman–Crippen MR) is 89.7 cm³/mol. The second-order valence-electron chi connectivity index (χ2n) is 4.75. The van der Waals surface area contributed by atoms with E-state index in [2.05, 4.69) is 0 Å². The van der Waals surface area contributed by atoms with E-state index in [1.165, 1.54) is 0 Å². The summed E-state index contributed by atoms with van der Waals surface area (Å²) in [6.45, 7) is 0. The molecule has 1 aromatic rings. The zero-order valence-electron chi connectivity index (χ0n) is 11.8. The van der Waals surface area contributed by atoms with E-state index in [4.69, 9.17) is 17.3 Å². The van der Waals surface area contributed by atoms with Crippen LogP contribution < -0.4 is 0 Å². The van der Waals surface area contributed by atoms with Crippen molar-refractivity contribution in [2.45, 2.75) is 18.9 Å². The smallest absolute Gasteiger partial charge is 0.326 e. The van der Waals surface area contributed by atoms with Crippen LogP contribution in [-0.2, 0) is 14.4 Å². The third-order valence-corrected chi connectivity index (χ3v) is 4.48. The highest BCUT2D eigenvalue weighted by Crippen LogP contribution is 2.34. The summed E-state index contributed by atoms with van der Waals surface area (Å²) in [4.78, 5) is 35.8. The minimum Gasteiger partial charge on any atom is -0.481 e. The maximum Gasteiger partial charge on any atom is 0.326 e. The summed E-state index contributed by atoms with van der Waals surface area (Å²) < 4.78 is 0.120. The van der Waals surface area contributed by atoms with Crippen LogP contribution in [-0.4, -0.2) is 43.3 Å². The van der Waals surface area contributed by atoms with Gasteiger partial charge in [0.25, 0.3) is 5.91 Å². The molecule has 1 aliphatic rings. The highest BCUT2D eigenvalue weighted by Gasteiger charge is 2.40. The fourth-order valence-electron chi connectivity index (χ4n) is 2.07. The van der Waals surface area contributed by atoms with Crippen LogP contribution in [0.1, 0.15) is 18.4 Å². The Bertz CT molecular complexity index is 686. The Hall–Kier alpha value is -2.19. The average molecular weight is 351 g/mol. The number of carboxylic acid groups (broad SMARTS) is 2. The van der Waals surface area contributed by atoms with Crippen molar-refractivity contribution in [3.63, 3.8) is 0 Å². The molecular weight excluding hydrogens is 338 g/mol. The largest absolute Gasteiger partial charge is 0.481 e. The number of nitrogens with zero attached hydrogens (tertiary/aromatic N) is 1. The van der Waals surface area contributed by atoms with Crippen LogP contribution in [0.25, 0.3) is 6.08 Å². The molecule has 0 aliphatic carbocycles. The van der Waals surface area contributed by atoms with E-state index >= 15 is 0 Å². The number of hydrogen-bond donors (Lipinski definition) is 2. The van der Waals surface area contributed by atoms with E-state index in [1.807, 2.05) is 30.3 Å². The molecule has 1 fully saturated rings. The Balaban J connectivity index is 2.24. The van der Waals surface area contributed by atoms with Crippen molar-refractivity contribution in [1.82, 2.24) is 4.90 Å². The lowest BCUT2D eigenvalue weighted by Crippen LogP contribution is -2.44. The van der Waals surface area contributed by atoms with Gasteiger partial charge in [0.1, 0.15) is 10.4 Å². The summed E-state index contributed by atoms with van der Waals surface area (Å²) in [7, 11) is 0. The second kappa shape index (κ2) is 7.38. The normalized spacial score (nSPS) is 17.6. The molecule has 6 nitrogen and oxygen atoms in total. The number of carboxylic acids is 2. The first-order valence-electron chi connectivity index (χ1n) is 6.67. The Morgan fingerprint density at radius 2 is 1.91 bits per heavy atom. The highest BCUT2D eigenvalue weighted by molar-refractivity contribution is 8.26. The summed E-state index contributed by atoms with van der Waals surface area (Å²) >= 11 is 6.12. The molecule has 8 heteroatoms. The lowest BCUT2D eigenvalue weighted by molar-refractivity contribution is -0.146. The number of thioether (sulfide) groups is 1. The van der Waals surface area contributed by atoms with Crippen LogP contribution in [0.5, 0.6) is 0 Å². The van der Waals surface area contributed by atoms with Gasteiger partial charge >= 0.3 is 11.9 Å². The Kier molecular flexibility index (Phi) is 5.51. The van der Waals surface area contributed by atoms with Gasteiger partial charge in [0.15, 0.2) is 0 Å². The Labute approximate surface area is 141 Å². The lowest BCUT2D eigenvalue weighted by Gasteiger charge is -2.22. The molecule has 2 N–H and O–H groups in total. The molecule has 1 aliphatic heterocycles. The Morgan fingerprint density at radius 3 is 2.48 bits per heavy atom. The van der Waals surface area contributed by atoms with Crippen molar-refractivity contribution in [2.24, 2.45) is 0 Å². The zero-order valence-corrected chi connectivity index (χ0v) is 13.5. The summed E-state index contributed by atoms with van der Waals surface area (Å²) in [5.74, 6) is -2.91. The molecule has 23 heavy (non-hydrogen) atoms. The van der Waals surface area contributed by atoms with Gasteiger partial charge < -0.3 is 10.2 Å².